The largest absolute Gasteiger partial charge is 0.496 e. The first kappa shape index (κ1) is 26.9. The number of benzene rings is 4. The molecule has 44 heavy (non-hydrogen) atoms. The number of para-hydroxylation sites is 1. The summed E-state index contributed by atoms with van der Waals surface area (Å²) in [4.78, 5) is 27.7. The third-order valence-corrected chi connectivity index (χ3v) is 8.14. The van der Waals surface area contributed by atoms with Gasteiger partial charge >= 0.3 is 0 Å². The minimum Gasteiger partial charge on any atom is -0.496 e. The number of carbonyl (C=O) groups is 1. The number of nitriles is 1. The Kier molecular flexibility index (Phi) is 6.56. The van der Waals surface area contributed by atoms with E-state index in [1.807, 2.05) is 67.6 Å². The highest BCUT2D eigenvalue weighted by atomic mass is 16.5. The summed E-state index contributed by atoms with van der Waals surface area (Å²) in [5.74, 6) is 1.67. The van der Waals surface area contributed by atoms with E-state index in [0.29, 0.717) is 12.0 Å². The lowest BCUT2D eigenvalue weighted by Gasteiger charge is -2.06. The highest BCUT2D eigenvalue weighted by Crippen LogP contribution is 2.39. The number of aromatic amines is 2. The van der Waals surface area contributed by atoms with Crippen molar-refractivity contribution in [1.82, 2.24) is 19.9 Å². The Hall–Kier alpha value is -5.94. The van der Waals surface area contributed by atoms with E-state index < -0.39 is 0 Å². The maximum atomic E-state index is 12.5. The van der Waals surface area contributed by atoms with Crippen LogP contribution in [0.4, 0.5) is 0 Å². The fourth-order valence-electron chi connectivity index (χ4n) is 6.15. The van der Waals surface area contributed by atoms with Gasteiger partial charge in [0.1, 0.15) is 11.5 Å². The highest BCUT2D eigenvalue weighted by molar-refractivity contribution is 6.25. The van der Waals surface area contributed by atoms with E-state index in [2.05, 4.69) is 26.0 Å². The maximum absolute atomic E-state index is 12.5. The molecular formula is C36H27N5O3. The molecule has 0 aliphatic rings. The van der Waals surface area contributed by atoms with E-state index in [1.165, 1.54) is 0 Å². The predicted octanol–water partition coefficient (Wildman–Crippen LogP) is 8.22. The van der Waals surface area contributed by atoms with Crippen LogP contribution in [0.15, 0.2) is 85.5 Å². The fourth-order valence-corrected chi connectivity index (χ4v) is 6.15. The third kappa shape index (κ3) is 4.09. The number of pyridine rings is 2. The van der Waals surface area contributed by atoms with Crippen LogP contribution in [0.5, 0.6) is 11.5 Å². The second-order valence-corrected chi connectivity index (χ2v) is 10.4. The molecule has 4 aromatic heterocycles. The molecule has 0 aliphatic carbocycles. The van der Waals surface area contributed by atoms with Gasteiger partial charge in [-0.1, -0.05) is 25.1 Å². The van der Waals surface area contributed by atoms with E-state index in [1.54, 1.807) is 39.0 Å². The van der Waals surface area contributed by atoms with Gasteiger partial charge in [-0.2, -0.15) is 5.26 Å². The Morgan fingerprint density at radius 3 is 2.11 bits per heavy atom. The second kappa shape index (κ2) is 10.7. The van der Waals surface area contributed by atoms with Gasteiger partial charge in [0, 0.05) is 74.5 Å². The summed E-state index contributed by atoms with van der Waals surface area (Å²) in [6.07, 6.45) is 7.57. The van der Waals surface area contributed by atoms with Crippen molar-refractivity contribution in [2.45, 2.75) is 13.3 Å². The third-order valence-electron chi connectivity index (χ3n) is 8.14. The topological polar surface area (TPSA) is 117 Å². The first-order valence-electron chi connectivity index (χ1n) is 14.2. The Balaban J connectivity index is 0.000000143. The van der Waals surface area contributed by atoms with Crippen LogP contribution in [0, 0.1) is 11.3 Å². The minimum absolute atomic E-state index is 0.129. The van der Waals surface area contributed by atoms with Crippen molar-refractivity contribution < 1.29 is 14.3 Å². The molecule has 0 radical (unpaired) electrons. The second-order valence-electron chi connectivity index (χ2n) is 10.4. The van der Waals surface area contributed by atoms with E-state index in [-0.39, 0.29) is 5.78 Å². The number of methoxy groups -OCH3 is 2. The Morgan fingerprint density at radius 2 is 1.43 bits per heavy atom. The molecule has 0 saturated carbocycles. The zero-order chi connectivity index (χ0) is 30.4. The van der Waals surface area contributed by atoms with Gasteiger partial charge in [-0.05, 0) is 42.5 Å². The average Bonchev–Trinajstić information content (AvgIpc) is 3.67. The Bertz CT molecular complexity index is 2450. The quantitative estimate of drug-likeness (QED) is 0.204. The Labute approximate surface area is 251 Å². The highest BCUT2D eigenvalue weighted by Gasteiger charge is 2.18. The van der Waals surface area contributed by atoms with Crippen LogP contribution in [0.2, 0.25) is 0 Å². The van der Waals surface area contributed by atoms with Crippen LogP contribution in [-0.4, -0.2) is 39.9 Å². The van der Waals surface area contributed by atoms with Crippen molar-refractivity contribution in [3.8, 4) is 17.6 Å². The molecule has 8 aromatic rings. The van der Waals surface area contributed by atoms with Gasteiger partial charge in [0.05, 0.1) is 53.3 Å². The van der Waals surface area contributed by atoms with Crippen molar-refractivity contribution in [3.63, 3.8) is 0 Å². The normalized spacial score (nSPS) is 11.2. The van der Waals surface area contributed by atoms with E-state index in [9.17, 15) is 10.1 Å². The van der Waals surface area contributed by atoms with Gasteiger partial charge in [-0.3, -0.25) is 14.8 Å². The number of H-pyrrole nitrogens is 2. The maximum Gasteiger partial charge on any atom is 0.163 e. The van der Waals surface area contributed by atoms with Gasteiger partial charge < -0.3 is 19.4 Å². The smallest absolute Gasteiger partial charge is 0.163 e. The lowest BCUT2D eigenvalue weighted by molar-refractivity contribution is 0.0990. The molecule has 0 unspecified atom stereocenters. The number of fused-ring (bicyclic) bond motifs is 10. The molecule has 0 aliphatic heterocycles. The number of hydrogen-bond donors (Lipinski definition) is 2. The molecule has 8 rings (SSSR count). The van der Waals surface area contributed by atoms with E-state index >= 15 is 0 Å². The number of ether oxygens (including phenoxy) is 2. The van der Waals surface area contributed by atoms with E-state index in [4.69, 9.17) is 9.47 Å². The molecule has 4 aromatic carbocycles. The van der Waals surface area contributed by atoms with Crippen molar-refractivity contribution in [2.75, 3.05) is 14.2 Å². The van der Waals surface area contributed by atoms with E-state index in [0.717, 1.165) is 82.2 Å². The molecule has 0 spiro atoms. The standard InChI is InChI=1S/C19H16N2O2.C17H11N3O/c1-3-15(22)14-9-11-10-20-8-7-12(11)19-17(14)13-5-4-6-16(23-2)18(13)21-19;1-21-14-4-2-3-13-16(14)15-10(8-18)7-11-9-19-6-5-12(11)17(15)20-13/h4-10,21H,3H2,1-2H3;2-7,9,20H,1H3. The first-order chi connectivity index (χ1) is 21.6. The summed E-state index contributed by atoms with van der Waals surface area (Å²) >= 11 is 0. The fraction of sp³-hybridized carbons (Fsp3) is 0.111. The van der Waals surface area contributed by atoms with Crippen LogP contribution in [-0.2, 0) is 0 Å². The summed E-state index contributed by atoms with van der Waals surface area (Å²) < 4.78 is 10.9. The van der Waals surface area contributed by atoms with Crippen LogP contribution in [0.1, 0.15) is 29.3 Å². The molecule has 4 heterocycles. The lowest BCUT2D eigenvalue weighted by atomic mass is 9.97. The number of hydrogen-bond acceptors (Lipinski definition) is 6. The zero-order valence-corrected chi connectivity index (χ0v) is 24.4. The average molecular weight is 578 g/mol. The molecule has 0 bridgehead atoms. The number of ketones is 1. The summed E-state index contributed by atoms with van der Waals surface area (Å²) in [5, 5.41) is 17.4. The van der Waals surface area contributed by atoms with Gasteiger partial charge in [-0.25, -0.2) is 0 Å². The number of carbonyl (C=O) groups excluding carboxylic acids is 1. The van der Waals surface area contributed by atoms with Gasteiger partial charge in [0.15, 0.2) is 5.78 Å². The molecule has 0 amide bonds. The summed E-state index contributed by atoms with van der Waals surface area (Å²) in [6, 6.07) is 21.8. The molecule has 214 valence electrons. The lowest BCUT2D eigenvalue weighted by Crippen LogP contribution is -1.98. The molecule has 0 atom stereocenters. The van der Waals surface area contributed by atoms with Crippen molar-refractivity contribution >= 4 is 70.9 Å². The molecule has 0 fully saturated rings. The minimum atomic E-state index is 0.129. The molecule has 8 nitrogen and oxygen atoms in total. The zero-order valence-electron chi connectivity index (χ0n) is 24.4. The van der Waals surface area contributed by atoms with Crippen LogP contribution >= 0.6 is 0 Å². The SMILES string of the molecule is CCC(=O)c1cc2cnccc2c2[nH]c3c(OC)cccc3c12.COc1cccc2[nH]c3c4ccncc4cc(C#N)c3c12. The Morgan fingerprint density at radius 1 is 0.773 bits per heavy atom. The first-order valence-corrected chi connectivity index (χ1v) is 14.2. The number of aromatic nitrogens is 4. The number of nitrogens with zero attached hydrogens (tertiary/aromatic N) is 3. The van der Waals surface area contributed by atoms with Crippen LogP contribution < -0.4 is 9.47 Å². The van der Waals surface area contributed by atoms with Crippen LogP contribution in [0.25, 0.3) is 65.2 Å². The number of Topliss-reactive ketones (excluding diaryl/α,β-unsaturated/α-hetero) is 1. The summed E-state index contributed by atoms with van der Waals surface area (Å²) in [7, 11) is 3.30. The van der Waals surface area contributed by atoms with Gasteiger partial charge in [-0.15, -0.1) is 0 Å². The summed E-state index contributed by atoms with van der Waals surface area (Å²) in [5.41, 5.74) is 5.15. The van der Waals surface area contributed by atoms with Crippen molar-refractivity contribution in [3.05, 3.63) is 96.6 Å². The monoisotopic (exact) mass is 577 g/mol. The van der Waals surface area contributed by atoms with Gasteiger partial charge in [0.25, 0.3) is 0 Å². The van der Waals surface area contributed by atoms with Crippen molar-refractivity contribution in [2.24, 2.45) is 0 Å². The number of rotatable bonds is 4. The predicted molar refractivity (Wildman–Crippen MR) is 175 cm³/mol. The summed E-state index contributed by atoms with van der Waals surface area (Å²) in [6.45, 7) is 1.89. The molecule has 8 heteroatoms. The van der Waals surface area contributed by atoms with Gasteiger partial charge in [0.2, 0.25) is 0 Å². The van der Waals surface area contributed by atoms with Crippen LogP contribution in [0.3, 0.4) is 0 Å². The van der Waals surface area contributed by atoms with Crippen molar-refractivity contribution in [1.29, 1.82) is 5.26 Å². The molecule has 2 N–H and O–H groups in total. The molecular weight excluding hydrogens is 550 g/mol. The number of nitrogens with one attached hydrogen (secondary N) is 2. The molecule has 0 saturated heterocycles.